The van der Waals surface area contributed by atoms with Crippen molar-refractivity contribution in [3.63, 3.8) is 0 Å². The maximum Gasteiger partial charge on any atom is 0.434 e. The molecule has 9 nitrogen and oxygen atoms in total. The molecule has 0 amide bonds. The van der Waals surface area contributed by atoms with Gasteiger partial charge in [-0.25, -0.2) is 4.79 Å². The summed E-state index contributed by atoms with van der Waals surface area (Å²) in [7, 11) is 0. The van der Waals surface area contributed by atoms with Crippen LogP contribution in [-0.2, 0) is 42.8 Å². The second-order valence-electron chi connectivity index (χ2n) is 10.2. The summed E-state index contributed by atoms with van der Waals surface area (Å²) < 4.78 is 147. The van der Waals surface area contributed by atoms with Crippen LogP contribution in [0.2, 0.25) is 0 Å². The Labute approximate surface area is 219 Å². The van der Waals surface area contributed by atoms with Crippen LogP contribution in [0.1, 0.15) is 46.0 Å². The van der Waals surface area contributed by atoms with Gasteiger partial charge in [-0.1, -0.05) is 6.92 Å². The number of carbonyl (C=O) groups excluding carboxylic acids is 3. The summed E-state index contributed by atoms with van der Waals surface area (Å²) in [6, 6.07) is 0. The van der Waals surface area contributed by atoms with Gasteiger partial charge in [-0.05, 0) is 26.2 Å². The summed E-state index contributed by atoms with van der Waals surface area (Å²) in [6.07, 6.45) is -29.4. The van der Waals surface area contributed by atoms with Gasteiger partial charge in [0.05, 0.1) is 5.92 Å². The van der Waals surface area contributed by atoms with Crippen molar-refractivity contribution in [1.82, 2.24) is 0 Å². The topological polar surface area (TPSA) is 107 Å². The number of esters is 3. The first-order chi connectivity index (χ1) is 18.2. The number of rotatable bonds is 5. The average Bonchev–Trinajstić information content (AvgIpc) is 3.42. The summed E-state index contributed by atoms with van der Waals surface area (Å²) in [5.74, 6) is -7.41. The van der Waals surface area contributed by atoms with Gasteiger partial charge in [0.1, 0.15) is 6.10 Å². The molecule has 1 saturated carbocycles. The van der Waals surface area contributed by atoms with Crippen LogP contribution in [0.25, 0.3) is 0 Å². The van der Waals surface area contributed by atoms with Crippen molar-refractivity contribution < 1.29 is 82.3 Å². The Morgan fingerprint density at radius 1 is 0.950 bits per heavy atom. The fourth-order valence-corrected chi connectivity index (χ4v) is 4.95. The minimum atomic E-state index is -5.86. The molecule has 4 fully saturated rings. The third kappa shape index (κ3) is 5.33. The van der Waals surface area contributed by atoms with Gasteiger partial charge in [-0.2, -0.15) is 39.5 Å². The summed E-state index contributed by atoms with van der Waals surface area (Å²) in [5, 5.41) is 0. The Morgan fingerprint density at radius 3 is 2.02 bits per heavy atom. The van der Waals surface area contributed by atoms with Crippen molar-refractivity contribution in [3.05, 3.63) is 0 Å². The molecule has 6 unspecified atom stereocenters. The minimum Gasteiger partial charge on any atom is -0.454 e. The van der Waals surface area contributed by atoms with Gasteiger partial charge in [0.25, 0.3) is 6.10 Å². The zero-order valence-electron chi connectivity index (χ0n) is 20.7. The molecule has 0 radical (unpaired) electrons. The van der Waals surface area contributed by atoms with Crippen molar-refractivity contribution in [3.8, 4) is 0 Å². The smallest absolute Gasteiger partial charge is 0.434 e. The highest BCUT2D eigenvalue weighted by molar-refractivity contribution is 5.84. The first kappa shape index (κ1) is 30.6. The largest absolute Gasteiger partial charge is 0.454 e. The Morgan fingerprint density at radius 2 is 1.52 bits per heavy atom. The van der Waals surface area contributed by atoms with Gasteiger partial charge in [-0.15, -0.1) is 0 Å². The molecule has 40 heavy (non-hydrogen) atoms. The Balaban J connectivity index is 1.36. The van der Waals surface area contributed by atoms with Crippen LogP contribution in [0.5, 0.6) is 0 Å². The second-order valence-corrected chi connectivity index (χ2v) is 10.2. The molecule has 4 rings (SSSR count). The Bertz CT molecular complexity index is 1000. The van der Waals surface area contributed by atoms with Crippen LogP contribution >= 0.6 is 0 Å². The molecular weight excluding hydrogens is 579 g/mol. The van der Waals surface area contributed by atoms with Gasteiger partial charge < -0.3 is 28.4 Å². The normalized spacial score (nSPS) is 35.8. The van der Waals surface area contributed by atoms with Crippen molar-refractivity contribution in [2.45, 2.75) is 107 Å². The van der Waals surface area contributed by atoms with Crippen molar-refractivity contribution in [1.29, 1.82) is 0 Å². The van der Waals surface area contributed by atoms with Gasteiger partial charge in [-0.3, -0.25) is 9.59 Å². The van der Waals surface area contributed by atoms with Crippen LogP contribution in [0.3, 0.4) is 0 Å². The quantitative estimate of drug-likeness (QED) is 0.264. The van der Waals surface area contributed by atoms with E-state index in [4.69, 9.17) is 23.7 Å². The molecule has 3 heterocycles. The monoisotopic (exact) mass is 602 g/mol. The molecule has 0 aromatic carbocycles. The SMILES string of the molecule is CCC(C)(C(=O)OC1C(=O)OC2C3OC4(CCC(C(=O)OC(C(F)(F)F)C(F)(F)F)CC4)OC3OC12)C(F)(F)F. The Hall–Kier alpha value is -2.34. The van der Waals surface area contributed by atoms with Crippen LogP contribution in [0, 0.1) is 11.3 Å². The molecule has 3 saturated heterocycles. The molecule has 0 bridgehead atoms. The number of ether oxygens (including phenoxy) is 6. The van der Waals surface area contributed by atoms with Crippen molar-refractivity contribution in [2.75, 3.05) is 0 Å². The van der Waals surface area contributed by atoms with Crippen LogP contribution in [0.15, 0.2) is 0 Å². The van der Waals surface area contributed by atoms with Gasteiger partial charge >= 0.3 is 36.4 Å². The maximum atomic E-state index is 13.4. The van der Waals surface area contributed by atoms with Gasteiger partial charge in [0, 0.05) is 12.8 Å². The number of hydrogen-bond donors (Lipinski definition) is 0. The highest BCUT2D eigenvalue weighted by Crippen LogP contribution is 2.50. The van der Waals surface area contributed by atoms with Gasteiger partial charge in [0.2, 0.25) is 6.10 Å². The summed E-state index contributed by atoms with van der Waals surface area (Å²) in [4.78, 5) is 36.7. The van der Waals surface area contributed by atoms with E-state index in [0.29, 0.717) is 6.92 Å². The minimum absolute atomic E-state index is 0.185. The molecule has 0 aromatic heterocycles. The van der Waals surface area contributed by atoms with E-state index in [0.717, 1.165) is 6.92 Å². The number of alkyl halides is 9. The molecule has 0 N–H and O–H groups in total. The molecule has 1 aliphatic carbocycles. The fourth-order valence-electron chi connectivity index (χ4n) is 4.95. The molecule has 0 aromatic rings. The highest BCUT2D eigenvalue weighted by Gasteiger charge is 2.67. The number of halogens is 9. The summed E-state index contributed by atoms with van der Waals surface area (Å²) >= 11 is 0. The molecule has 18 heteroatoms. The first-order valence-electron chi connectivity index (χ1n) is 12.1. The van der Waals surface area contributed by atoms with E-state index < -0.39 is 96.8 Å². The molecule has 4 aliphatic rings. The number of fused-ring (bicyclic) bond motifs is 3. The lowest BCUT2D eigenvalue weighted by atomic mass is 9.85. The van der Waals surface area contributed by atoms with E-state index in [1.54, 1.807) is 0 Å². The van der Waals surface area contributed by atoms with E-state index in [1.165, 1.54) is 0 Å². The zero-order valence-corrected chi connectivity index (χ0v) is 20.7. The van der Waals surface area contributed by atoms with E-state index in [9.17, 15) is 53.9 Å². The van der Waals surface area contributed by atoms with E-state index in [-0.39, 0.29) is 25.7 Å². The average molecular weight is 602 g/mol. The van der Waals surface area contributed by atoms with Crippen molar-refractivity contribution >= 4 is 17.9 Å². The van der Waals surface area contributed by atoms with E-state index in [1.807, 2.05) is 0 Å². The van der Waals surface area contributed by atoms with E-state index in [2.05, 4.69) is 4.74 Å². The third-order valence-corrected chi connectivity index (χ3v) is 7.60. The second kappa shape index (κ2) is 9.89. The summed E-state index contributed by atoms with van der Waals surface area (Å²) in [5.41, 5.74) is -2.91. The van der Waals surface area contributed by atoms with Crippen molar-refractivity contribution in [2.24, 2.45) is 11.3 Å². The molecule has 6 atom stereocenters. The Kier molecular flexibility index (Phi) is 7.57. The standard InChI is InChI=1S/C22H23F9O9/c1-3-18(2,22(29,30)31)17(34)37-11-9-10(35-14(11)33)12-15(36-9)40-19(39-12)6-4-8(5-7-19)13(32)38-16(20(23,24)25)21(26,27)28/h8-12,15-16H,3-7H2,1-2H3. The lowest BCUT2D eigenvalue weighted by Gasteiger charge is -2.36. The first-order valence-corrected chi connectivity index (χ1v) is 12.1. The predicted molar refractivity (Wildman–Crippen MR) is 106 cm³/mol. The highest BCUT2D eigenvalue weighted by atomic mass is 19.4. The molecule has 3 aliphatic heterocycles. The van der Waals surface area contributed by atoms with Gasteiger partial charge in [0.15, 0.2) is 29.7 Å². The maximum absolute atomic E-state index is 13.4. The van der Waals surface area contributed by atoms with Crippen LogP contribution in [-0.4, -0.2) is 79.0 Å². The predicted octanol–water partition coefficient (Wildman–Crippen LogP) is 3.87. The van der Waals surface area contributed by atoms with Crippen LogP contribution < -0.4 is 0 Å². The lowest BCUT2D eigenvalue weighted by Crippen LogP contribution is -2.48. The third-order valence-electron chi connectivity index (χ3n) is 7.60. The van der Waals surface area contributed by atoms with Crippen LogP contribution in [0.4, 0.5) is 39.5 Å². The molecular formula is C22H23F9O9. The molecule has 228 valence electrons. The lowest BCUT2D eigenvalue weighted by molar-refractivity contribution is -0.315. The number of carbonyl (C=O) groups is 3. The number of hydrogen-bond acceptors (Lipinski definition) is 9. The van der Waals surface area contributed by atoms with E-state index >= 15 is 0 Å². The zero-order chi connectivity index (χ0) is 30.1. The fraction of sp³-hybridized carbons (Fsp3) is 0.864. The summed E-state index contributed by atoms with van der Waals surface area (Å²) in [6.45, 7) is 1.73. The molecule has 1 spiro atoms.